The van der Waals surface area contributed by atoms with E-state index in [-0.39, 0.29) is 6.04 Å². The molecule has 1 atom stereocenters. The quantitative estimate of drug-likeness (QED) is 0.784. The van der Waals surface area contributed by atoms with Crippen LogP contribution >= 0.6 is 11.6 Å². The van der Waals surface area contributed by atoms with E-state index in [9.17, 15) is 4.79 Å². The number of oxazole rings is 1. The fourth-order valence-corrected chi connectivity index (χ4v) is 1.71. The van der Waals surface area contributed by atoms with Gasteiger partial charge in [0.2, 0.25) is 0 Å². The second-order valence-electron chi connectivity index (χ2n) is 3.35. The van der Waals surface area contributed by atoms with Crippen molar-refractivity contribution >= 4 is 22.7 Å². The molecule has 0 fully saturated rings. The van der Waals surface area contributed by atoms with Gasteiger partial charge < -0.3 is 10.2 Å². The molecular weight excluding hydrogens is 216 g/mol. The van der Waals surface area contributed by atoms with Crippen LogP contribution in [0.15, 0.2) is 27.4 Å². The Bertz CT molecular complexity index is 517. The smallest absolute Gasteiger partial charge is 0.408 e. The lowest BCUT2D eigenvalue weighted by Crippen LogP contribution is -2.10. The molecule has 1 aromatic heterocycles. The summed E-state index contributed by atoms with van der Waals surface area (Å²) in [5.74, 6) is 0.0593. The largest absolute Gasteiger partial charge is 0.417 e. The van der Waals surface area contributed by atoms with Crippen LogP contribution in [0.2, 0.25) is 0 Å². The first-order valence-electron chi connectivity index (χ1n) is 4.65. The number of halogens is 1. The Morgan fingerprint density at radius 2 is 2.33 bits per heavy atom. The summed E-state index contributed by atoms with van der Waals surface area (Å²) in [5.41, 5.74) is 8.02. The third-order valence-electron chi connectivity index (χ3n) is 2.29. The molecule has 0 saturated heterocycles. The summed E-state index contributed by atoms with van der Waals surface area (Å²) in [4.78, 5) is 13.5. The lowest BCUT2D eigenvalue weighted by molar-refractivity contribution is 0.554. The van der Waals surface area contributed by atoms with Gasteiger partial charge in [0.15, 0.2) is 5.58 Å². The van der Waals surface area contributed by atoms with Crippen LogP contribution in [0.3, 0.4) is 0 Å². The van der Waals surface area contributed by atoms with E-state index in [1.807, 2.05) is 6.07 Å². The van der Waals surface area contributed by atoms with Crippen LogP contribution in [0, 0.1) is 0 Å². The van der Waals surface area contributed by atoms with E-state index < -0.39 is 5.76 Å². The Balaban J connectivity index is 2.41. The second-order valence-corrected chi connectivity index (χ2v) is 3.73. The summed E-state index contributed by atoms with van der Waals surface area (Å²) in [7, 11) is 0. The average molecular weight is 227 g/mol. The first kappa shape index (κ1) is 10.3. The predicted octanol–water partition coefficient (Wildman–Crippen LogP) is 1.75. The van der Waals surface area contributed by atoms with Crippen LogP contribution in [0.4, 0.5) is 0 Å². The van der Waals surface area contributed by atoms with Crippen LogP contribution < -0.4 is 11.5 Å². The van der Waals surface area contributed by atoms with Crippen LogP contribution in [0.5, 0.6) is 0 Å². The number of hydrogen-bond acceptors (Lipinski definition) is 3. The van der Waals surface area contributed by atoms with Crippen molar-refractivity contribution < 1.29 is 4.42 Å². The van der Waals surface area contributed by atoms with Crippen molar-refractivity contribution in [3.05, 3.63) is 34.3 Å². The third kappa shape index (κ3) is 2.06. The van der Waals surface area contributed by atoms with Gasteiger partial charge in [0.05, 0.1) is 5.52 Å². The van der Waals surface area contributed by atoms with Gasteiger partial charge in [0.1, 0.15) is 0 Å². The average Bonchev–Trinajstić information content (AvgIpc) is 2.57. The Hall–Kier alpha value is -1.26. The molecule has 2 rings (SSSR count). The maximum atomic E-state index is 10.9. The van der Waals surface area contributed by atoms with E-state index in [4.69, 9.17) is 21.8 Å². The van der Waals surface area contributed by atoms with Gasteiger partial charge in [-0.05, 0) is 24.1 Å². The number of fused-ring (bicyclic) bond motifs is 1. The van der Waals surface area contributed by atoms with Gasteiger partial charge in [0, 0.05) is 11.9 Å². The molecule has 1 heterocycles. The molecule has 0 aliphatic heterocycles. The minimum atomic E-state index is -0.451. The van der Waals surface area contributed by atoms with Gasteiger partial charge in [-0.2, -0.15) is 0 Å². The molecule has 0 aliphatic carbocycles. The number of aromatic nitrogens is 1. The Labute approximate surface area is 91.0 Å². The normalized spacial score (nSPS) is 13.2. The topological polar surface area (TPSA) is 72.0 Å². The summed E-state index contributed by atoms with van der Waals surface area (Å²) in [6, 6.07) is 5.30. The fourth-order valence-electron chi connectivity index (χ4n) is 1.48. The maximum Gasteiger partial charge on any atom is 0.417 e. The molecular formula is C10H11ClN2O2. The molecule has 4 nitrogen and oxygen atoms in total. The molecule has 1 aromatic carbocycles. The van der Waals surface area contributed by atoms with Gasteiger partial charge in [0.25, 0.3) is 0 Å². The van der Waals surface area contributed by atoms with Crippen molar-refractivity contribution in [1.29, 1.82) is 0 Å². The molecule has 2 aromatic rings. The van der Waals surface area contributed by atoms with Crippen LogP contribution in [-0.4, -0.2) is 10.9 Å². The molecule has 80 valence electrons. The van der Waals surface area contributed by atoms with Crippen molar-refractivity contribution in [2.75, 3.05) is 5.88 Å². The van der Waals surface area contributed by atoms with Crippen molar-refractivity contribution in [2.24, 2.45) is 5.73 Å². The minimum absolute atomic E-state index is 0.118. The summed E-state index contributed by atoms with van der Waals surface area (Å²) in [6.07, 6.45) is 0.696. The zero-order valence-corrected chi connectivity index (χ0v) is 8.75. The highest BCUT2D eigenvalue weighted by atomic mass is 35.5. The maximum absolute atomic E-state index is 10.9. The van der Waals surface area contributed by atoms with Gasteiger partial charge in [-0.1, -0.05) is 6.07 Å². The lowest BCUT2D eigenvalue weighted by Gasteiger charge is -2.09. The standard InChI is InChI=1S/C10H11ClN2O2/c11-4-3-7(12)6-1-2-8-9(5-6)15-10(14)13-8/h1-2,5,7H,3-4,12H2,(H,13,14). The van der Waals surface area contributed by atoms with E-state index in [0.717, 1.165) is 5.56 Å². The molecule has 0 radical (unpaired) electrons. The number of nitrogens with one attached hydrogen (secondary N) is 1. The zero-order chi connectivity index (χ0) is 10.8. The number of H-pyrrole nitrogens is 1. The minimum Gasteiger partial charge on any atom is -0.408 e. The highest BCUT2D eigenvalue weighted by Gasteiger charge is 2.08. The summed E-state index contributed by atoms with van der Waals surface area (Å²) < 4.78 is 4.94. The van der Waals surface area contributed by atoms with Crippen molar-refractivity contribution in [2.45, 2.75) is 12.5 Å². The summed E-state index contributed by atoms with van der Waals surface area (Å²) >= 11 is 5.61. The molecule has 15 heavy (non-hydrogen) atoms. The fraction of sp³-hybridized carbons (Fsp3) is 0.300. The first-order chi connectivity index (χ1) is 7.20. The Morgan fingerprint density at radius 3 is 3.07 bits per heavy atom. The van der Waals surface area contributed by atoms with Crippen molar-refractivity contribution in [3.63, 3.8) is 0 Å². The van der Waals surface area contributed by atoms with E-state index in [0.29, 0.717) is 23.4 Å². The Morgan fingerprint density at radius 1 is 1.53 bits per heavy atom. The van der Waals surface area contributed by atoms with Crippen LogP contribution in [-0.2, 0) is 0 Å². The monoisotopic (exact) mass is 226 g/mol. The number of nitrogens with two attached hydrogens (primary N) is 1. The molecule has 5 heteroatoms. The molecule has 0 aliphatic rings. The molecule has 0 bridgehead atoms. The van der Waals surface area contributed by atoms with E-state index in [1.54, 1.807) is 12.1 Å². The van der Waals surface area contributed by atoms with E-state index >= 15 is 0 Å². The molecule has 3 N–H and O–H groups in total. The second kappa shape index (κ2) is 4.08. The predicted molar refractivity (Wildman–Crippen MR) is 59.1 cm³/mol. The number of hydrogen-bond donors (Lipinski definition) is 2. The number of rotatable bonds is 3. The SMILES string of the molecule is NC(CCCl)c1ccc2[nH]c(=O)oc2c1. The zero-order valence-electron chi connectivity index (χ0n) is 8.00. The summed E-state index contributed by atoms with van der Waals surface area (Å²) in [6.45, 7) is 0. The van der Waals surface area contributed by atoms with Crippen molar-refractivity contribution in [1.82, 2.24) is 4.98 Å². The van der Waals surface area contributed by atoms with E-state index in [2.05, 4.69) is 4.98 Å². The molecule has 0 spiro atoms. The number of aromatic amines is 1. The first-order valence-corrected chi connectivity index (χ1v) is 5.18. The lowest BCUT2D eigenvalue weighted by atomic mass is 10.1. The van der Waals surface area contributed by atoms with Gasteiger partial charge in [-0.25, -0.2) is 4.79 Å². The third-order valence-corrected chi connectivity index (χ3v) is 2.51. The highest BCUT2D eigenvalue weighted by molar-refractivity contribution is 6.17. The van der Waals surface area contributed by atoms with Crippen LogP contribution in [0.1, 0.15) is 18.0 Å². The number of alkyl halides is 1. The van der Waals surface area contributed by atoms with Gasteiger partial charge in [-0.15, -0.1) is 11.6 Å². The van der Waals surface area contributed by atoms with Crippen molar-refractivity contribution in [3.8, 4) is 0 Å². The van der Waals surface area contributed by atoms with Crippen LogP contribution in [0.25, 0.3) is 11.1 Å². The van der Waals surface area contributed by atoms with E-state index in [1.165, 1.54) is 0 Å². The number of benzene rings is 1. The summed E-state index contributed by atoms with van der Waals surface area (Å²) in [5, 5.41) is 0. The molecule has 1 unspecified atom stereocenters. The molecule has 0 saturated carbocycles. The van der Waals surface area contributed by atoms with Gasteiger partial charge in [-0.3, -0.25) is 4.98 Å². The molecule has 0 amide bonds. The highest BCUT2D eigenvalue weighted by Crippen LogP contribution is 2.19. The van der Waals surface area contributed by atoms with Gasteiger partial charge >= 0.3 is 5.76 Å². The Kier molecular flexibility index (Phi) is 2.79.